The number of tetrazole rings is 1. The van der Waals surface area contributed by atoms with Gasteiger partial charge in [0.15, 0.2) is 5.82 Å². The van der Waals surface area contributed by atoms with Crippen LogP contribution in [0.5, 0.6) is 0 Å². The monoisotopic (exact) mass is 282 g/mol. The van der Waals surface area contributed by atoms with Crippen LogP contribution in [0.3, 0.4) is 0 Å². The number of aromatic nitrogens is 4. The predicted molar refractivity (Wildman–Crippen MR) is 68.9 cm³/mol. The lowest BCUT2D eigenvalue weighted by Gasteiger charge is -2.13. The summed E-state index contributed by atoms with van der Waals surface area (Å²) in [6.07, 6.45) is 0. The van der Waals surface area contributed by atoms with Gasteiger partial charge in [0.2, 0.25) is 10.0 Å². The highest BCUT2D eigenvalue weighted by Gasteiger charge is 2.22. The van der Waals surface area contributed by atoms with Gasteiger partial charge in [0.05, 0.1) is 11.7 Å². The molecular weight excluding hydrogens is 268 g/mol. The minimum atomic E-state index is -3.66. The highest BCUT2D eigenvalue weighted by molar-refractivity contribution is 7.89. The molecule has 102 valence electrons. The summed E-state index contributed by atoms with van der Waals surface area (Å²) in [6, 6.07) is 6.06. The van der Waals surface area contributed by atoms with Crippen LogP contribution < -0.4 is 10.0 Å². The minimum absolute atomic E-state index is 0.174. The summed E-state index contributed by atoms with van der Waals surface area (Å²) in [5.74, 6) is 0.283. The van der Waals surface area contributed by atoms with Gasteiger partial charge in [-0.2, -0.15) is 5.21 Å². The van der Waals surface area contributed by atoms with Crippen molar-refractivity contribution in [2.24, 2.45) is 0 Å². The van der Waals surface area contributed by atoms with Crippen molar-refractivity contribution in [2.75, 3.05) is 12.4 Å². The van der Waals surface area contributed by atoms with E-state index in [-0.39, 0.29) is 10.7 Å². The van der Waals surface area contributed by atoms with Crippen LogP contribution in [-0.2, 0) is 10.0 Å². The van der Waals surface area contributed by atoms with E-state index < -0.39 is 16.1 Å². The molecule has 1 aromatic carbocycles. The third-order valence-corrected chi connectivity index (χ3v) is 4.13. The fourth-order valence-electron chi connectivity index (χ4n) is 1.61. The molecule has 0 bridgehead atoms. The molecule has 0 radical (unpaired) electrons. The van der Waals surface area contributed by atoms with Crippen molar-refractivity contribution in [1.29, 1.82) is 0 Å². The summed E-state index contributed by atoms with van der Waals surface area (Å²) in [5, 5.41) is 16.0. The predicted octanol–water partition coefficient (Wildman–Crippen LogP) is 0.281. The third kappa shape index (κ3) is 2.88. The Morgan fingerprint density at radius 1 is 1.32 bits per heavy atom. The fourth-order valence-corrected chi connectivity index (χ4v) is 3.02. The summed E-state index contributed by atoms with van der Waals surface area (Å²) >= 11 is 0. The maximum absolute atomic E-state index is 12.3. The average molecular weight is 282 g/mol. The molecule has 1 atom stereocenters. The first-order valence-electron chi connectivity index (χ1n) is 5.57. The molecule has 0 saturated heterocycles. The molecule has 0 amide bonds. The Balaban J connectivity index is 2.28. The molecular formula is C10H14N6O2S. The van der Waals surface area contributed by atoms with Crippen LogP contribution in [0.2, 0.25) is 0 Å². The van der Waals surface area contributed by atoms with Crippen LogP contribution >= 0.6 is 0 Å². The van der Waals surface area contributed by atoms with Gasteiger partial charge in [0, 0.05) is 7.05 Å². The Morgan fingerprint density at radius 3 is 2.68 bits per heavy atom. The van der Waals surface area contributed by atoms with Gasteiger partial charge in [-0.1, -0.05) is 17.3 Å². The Kier molecular flexibility index (Phi) is 3.76. The van der Waals surface area contributed by atoms with Crippen molar-refractivity contribution >= 4 is 15.7 Å². The second-order valence-electron chi connectivity index (χ2n) is 3.86. The second-order valence-corrected chi connectivity index (χ2v) is 5.54. The van der Waals surface area contributed by atoms with Crippen molar-refractivity contribution in [3.63, 3.8) is 0 Å². The van der Waals surface area contributed by atoms with Gasteiger partial charge < -0.3 is 5.32 Å². The summed E-state index contributed by atoms with van der Waals surface area (Å²) in [4.78, 5) is 0.174. The Labute approximate surface area is 110 Å². The lowest BCUT2D eigenvalue weighted by molar-refractivity contribution is 0.560. The van der Waals surface area contributed by atoms with E-state index in [0.717, 1.165) is 0 Å². The molecule has 2 rings (SSSR count). The topological polar surface area (TPSA) is 113 Å². The number of aromatic amines is 1. The smallest absolute Gasteiger partial charge is 0.243 e. The molecule has 3 N–H and O–H groups in total. The van der Waals surface area contributed by atoms with E-state index in [2.05, 4.69) is 30.7 Å². The summed E-state index contributed by atoms with van der Waals surface area (Å²) in [5.41, 5.74) is 0.523. The highest BCUT2D eigenvalue weighted by atomic mass is 32.2. The zero-order valence-electron chi connectivity index (χ0n) is 10.5. The first-order valence-corrected chi connectivity index (χ1v) is 7.05. The Bertz CT molecular complexity index is 640. The van der Waals surface area contributed by atoms with E-state index in [1.54, 1.807) is 32.2 Å². The zero-order valence-corrected chi connectivity index (χ0v) is 11.3. The van der Waals surface area contributed by atoms with E-state index in [1.165, 1.54) is 6.07 Å². The summed E-state index contributed by atoms with van der Waals surface area (Å²) in [7, 11) is -2.00. The third-order valence-electron chi connectivity index (χ3n) is 2.53. The molecule has 0 aliphatic heterocycles. The van der Waals surface area contributed by atoms with Crippen molar-refractivity contribution in [1.82, 2.24) is 25.3 Å². The SMILES string of the molecule is CNc1ccccc1S(=O)(=O)NC(C)c1nn[nH]n1. The quantitative estimate of drug-likeness (QED) is 0.726. The Morgan fingerprint density at radius 2 is 2.05 bits per heavy atom. The molecule has 9 heteroatoms. The molecule has 2 aromatic rings. The number of nitrogens with zero attached hydrogens (tertiary/aromatic N) is 3. The van der Waals surface area contributed by atoms with Gasteiger partial charge in [0.25, 0.3) is 0 Å². The lowest BCUT2D eigenvalue weighted by atomic mass is 10.3. The normalized spacial score (nSPS) is 13.2. The molecule has 1 heterocycles. The second kappa shape index (κ2) is 5.33. The van der Waals surface area contributed by atoms with E-state index in [4.69, 9.17) is 0 Å². The molecule has 0 saturated carbocycles. The Hall–Kier alpha value is -2.00. The number of sulfonamides is 1. The van der Waals surface area contributed by atoms with E-state index in [1.807, 2.05) is 0 Å². The van der Waals surface area contributed by atoms with E-state index >= 15 is 0 Å². The van der Waals surface area contributed by atoms with E-state index in [0.29, 0.717) is 5.69 Å². The van der Waals surface area contributed by atoms with Crippen molar-refractivity contribution < 1.29 is 8.42 Å². The molecule has 0 fully saturated rings. The van der Waals surface area contributed by atoms with E-state index in [9.17, 15) is 8.42 Å². The van der Waals surface area contributed by atoms with Crippen LogP contribution in [0.1, 0.15) is 18.8 Å². The van der Waals surface area contributed by atoms with Crippen LogP contribution in [0, 0.1) is 0 Å². The average Bonchev–Trinajstić information content (AvgIpc) is 2.92. The molecule has 1 unspecified atom stereocenters. The van der Waals surface area contributed by atoms with Crippen LogP contribution in [0.4, 0.5) is 5.69 Å². The number of rotatable bonds is 5. The fraction of sp³-hybridized carbons (Fsp3) is 0.300. The van der Waals surface area contributed by atoms with Crippen molar-refractivity contribution in [3.8, 4) is 0 Å². The molecule has 0 spiro atoms. The number of H-pyrrole nitrogens is 1. The molecule has 1 aromatic heterocycles. The van der Waals surface area contributed by atoms with Gasteiger partial charge in [-0.15, -0.1) is 10.2 Å². The van der Waals surface area contributed by atoms with Gasteiger partial charge in [-0.25, -0.2) is 13.1 Å². The number of hydrogen-bond acceptors (Lipinski definition) is 6. The first-order chi connectivity index (χ1) is 9.04. The van der Waals surface area contributed by atoms with Crippen LogP contribution in [0.25, 0.3) is 0 Å². The number of anilines is 1. The number of para-hydroxylation sites is 1. The number of hydrogen-bond donors (Lipinski definition) is 3. The van der Waals surface area contributed by atoms with Crippen molar-refractivity contribution in [2.45, 2.75) is 17.9 Å². The van der Waals surface area contributed by atoms with Gasteiger partial charge in [-0.3, -0.25) is 0 Å². The maximum Gasteiger partial charge on any atom is 0.243 e. The van der Waals surface area contributed by atoms with Gasteiger partial charge in [0.1, 0.15) is 4.90 Å². The number of nitrogens with one attached hydrogen (secondary N) is 3. The van der Waals surface area contributed by atoms with Gasteiger partial charge in [-0.05, 0) is 19.1 Å². The van der Waals surface area contributed by atoms with Crippen LogP contribution in [0.15, 0.2) is 29.2 Å². The molecule has 0 aliphatic carbocycles. The maximum atomic E-state index is 12.3. The summed E-state index contributed by atoms with van der Waals surface area (Å²) in [6.45, 7) is 1.64. The lowest BCUT2D eigenvalue weighted by Crippen LogP contribution is -2.28. The standard InChI is InChI=1S/C10H14N6O2S/c1-7(10-12-15-16-13-10)14-19(17,18)9-6-4-3-5-8(9)11-2/h3-7,11,14H,1-2H3,(H,12,13,15,16). The minimum Gasteiger partial charge on any atom is -0.387 e. The van der Waals surface area contributed by atoms with Crippen molar-refractivity contribution in [3.05, 3.63) is 30.1 Å². The molecule has 19 heavy (non-hydrogen) atoms. The first kappa shape index (κ1) is 13.4. The molecule has 8 nitrogen and oxygen atoms in total. The molecule has 0 aliphatic rings. The number of benzene rings is 1. The van der Waals surface area contributed by atoms with Crippen LogP contribution in [-0.4, -0.2) is 36.1 Å². The zero-order chi connectivity index (χ0) is 13.9. The van der Waals surface area contributed by atoms with Gasteiger partial charge >= 0.3 is 0 Å². The largest absolute Gasteiger partial charge is 0.387 e. The highest BCUT2D eigenvalue weighted by Crippen LogP contribution is 2.21. The summed E-state index contributed by atoms with van der Waals surface area (Å²) < 4.78 is 27.1.